The summed E-state index contributed by atoms with van der Waals surface area (Å²) in [6, 6.07) is 8.27. The zero-order valence-corrected chi connectivity index (χ0v) is 19.6. The normalized spacial score (nSPS) is 17.4. The maximum absolute atomic E-state index is 13.9. The van der Waals surface area contributed by atoms with Gasteiger partial charge in [0.2, 0.25) is 5.95 Å². The number of hydrogen-bond acceptors (Lipinski definition) is 5. The maximum Gasteiger partial charge on any atom is 0.228 e. The van der Waals surface area contributed by atoms with Gasteiger partial charge in [-0.05, 0) is 66.9 Å². The third kappa shape index (κ3) is 3.47. The smallest absolute Gasteiger partial charge is 0.228 e. The average Bonchev–Trinajstić information content (AvgIpc) is 3.41. The van der Waals surface area contributed by atoms with Crippen LogP contribution in [0.3, 0.4) is 0 Å². The van der Waals surface area contributed by atoms with Gasteiger partial charge in [-0.15, -0.1) is 0 Å². The molecule has 0 aliphatic heterocycles. The lowest BCUT2D eigenvalue weighted by molar-refractivity contribution is 0.621. The van der Waals surface area contributed by atoms with Crippen LogP contribution in [0.25, 0.3) is 22.6 Å². The molecule has 2 aliphatic rings. The molecule has 1 N–H and O–H groups in total. The van der Waals surface area contributed by atoms with Gasteiger partial charge in [0.15, 0.2) is 11.5 Å². The molecule has 7 heteroatoms. The molecule has 3 heterocycles. The summed E-state index contributed by atoms with van der Waals surface area (Å²) in [5.41, 5.74) is 9.62. The van der Waals surface area contributed by atoms with Crippen molar-refractivity contribution in [1.29, 1.82) is 0 Å². The van der Waals surface area contributed by atoms with Crippen molar-refractivity contribution in [2.24, 2.45) is 0 Å². The third-order valence-electron chi connectivity index (χ3n) is 7.05. The Balaban J connectivity index is 1.39. The van der Waals surface area contributed by atoms with E-state index >= 15 is 0 Å². The summed E-state index contributed by atoms with van der Waals surface area (Å²) in [5, 5.41) is 8.27. The second-order valence-corrected chi connectivity index (χ2v) is 9.70. The molecule has 172 valence electrons. The number of benzene rings is 1. The van der Waals surface area contributed by atoms with Crippen LogP contribution < -0.4 is 5.32 Å². The molecule has 1 unspecified atom stereocenters. The van der Waals surface area contributed by atoms with Crippen LogP contribution in [0.2, 0.25) is 0 Å². The molecule has 0 fully saturated rings. The minimum atomic E-state index is -0.407. The molecule has 0 bridgehead atoms. The fraction of sp³-hybridized carbons (Fsp3) is 0.333. The topological polar surface area (TPSA) is 68.0 Å². The quantitative estimate of drug-likeness (QED) is 0.426. The van der Waals surface area contributed by atoms with Gasteiger partial charge in [0.1, 0.15) is 5.82 Å². The molecule has 6 rings (SSSR count). The van der Waals surface area contributed by atoms with Crippen LogP contribution in [0.4, 0.5) is 10.3 Å². The van der Waals surface area contributed by atoms with Gasteiger partial charge >= 0.3 is 0 Å². The van der Waals surface area contributed by atoms with Gasteiger partial charge in [-0.2, -0.15) is 14.6 Å². The van der Waals surface area contributed by atoms with Crippen molar-refractivity contribution in [3.05, 3.63) is 76.5 Å². The Hall–Kier alpha value is -3.61. The Kier molecular flexibility index (Phi) is 4.94. The number of rotatable bonds is 4. The first kappa shape index (κ1) is 21.0. The summed E-state index contributed by atoms with van der Waals surface area (Å²) in [7, 11) is 0. The van der Waals surface area contributed by atoms with Crippen LogP contribution in [0.1, 0.15) is 61.3 Å². The second kappa shape index (κ2) is 8.01. The minimum Gasteiger partial charge on any atom is -0.351 e. The maximum atomic E-state index is 13.9. The monoisotopic (exact) mass is 454 g/mol. The molecule has 1 aromatic carbocycles. The molecule has 34 heavy (non-hydrogen) atoms. The first-order valence-corrected chi connectivity index (χ1v) is 11.9. The van der Waals surface area contributed by atoms with Gasteiger partial charge in [-0.25, -0.2) is 9.37 Å². The first-order chi connectivity index (χ1) is 16.5. The van der Waals surface area contributed by atoms with Gasteiger partial charge in [0.05, 0.1) is 12.4 Å². The molecule has 0 saturated heterocycles. The molecule has 3 aromatic heterocycles. The van der Waals surface area contributed by atoms with E-state index in [4.69, 9.17) is 9.97 Å². The molecule has 2 aliphatic carbocycles. The van der Waals surface area contributed by atoms with Crippen molar-refractivity contribution >= 4 is 17.2 Å². The van der Waals surface area contributed by atoms with Crippen LogP contribution in [-0.2, 0) is 6.42 Å². The average molecular weight is 455 g/mol. The lowest BCUT2D eigenvalue weighted by atomic mass is 9.87. The van der Waals surface area contributed by atoms with E-state index in [1.54, 1.807) is 16.3 Å². The fourth-order valence-electron chi connectivity index (χ4n) is 5.37. The molecule has 0 spiro atoms. The van der Waals surface area contributed by atoms with Crippen LogP contribution >= 0.6 is 0 Å². The molecule has 0 amide bonds. The van der Waals surface area contributed by atoms with Gasteiger partial charge in [0.25, 0.3) is 0 Å². The largest absolute Gasteiger partial charge is 0.351 e. The number of aromatic nitrogens is 5. The van der Waals surface area contributed by atoms with Gasteiger partial charge < -0.3 is 5.32 Å². The SMILES string of the molecule is Cc1cccc2c1C1=C(CCC(Nc3nc(-c4cncc(F)c4)nc4c(C(C)C)cnn34)C1)C2. The number of pyridine rings is 1. The first-order valence-electron chi connectivity index (χ1n) is 11.9. The molecular formula is C27H27FN6. The van der Waals surface area contributed by atoms with Crippen molar-refractivity contribution in [3.8, 4) is 11.4 Å². The Morgan fingerprint density at radius 1 is 1.15 bits per heavy atom. The second-order valence-electron chi connectivity index (χ2n) is 9.70. The van der Waals surface area contributed by atoms with Gasteiger partial charge in [0, 0.05) is 23.4 Å². The lowest BCUT2D eigenvalue weighted by Gasteiger charge is -2.26. The number of nitrogens with one attached hydrogen (secondary N) is 1. The lowest BCUT2D eigenvalue weighted by Crippen LogP contribution is -2.25. The summed E-state index contributed by atoms with van der Waals surface area (Å²) >= 11 is 0. The van der Waals surface area contributed by atoms with Crippen molar-refractivity contribution < 1.29 is 4.39 Å². The predicted octanol–water partition coefficient (Wildman–Crippen LogP) is 5.73. The van der Waals surface area contributed by atoms with E-state index in [2.05, 4.69) is 54.4 Å². The molecule has 6 nitrogen and oxygen atoms in total. The zero-order chi connectivity index (χ0) is 23.4. The van der Waals surface area contributed by atoms with Crippen LogP contribution in [0.5, 0.6) is 0 Å². The van der Waals surface area contributed by atoms with Crippen molar-refractivity contribution in [2.45, 2.75) is 58.4 Å². The number of allylic oxidation sites excluding steroid dienone is 1. The van der Waals surface area contributed by atoms with E-state index in [0.717, 1.165) is 36.9 Å². The van der Waals surface area contributed by atoms with Crippen molar-refractivity contribution in [3.63, 3.8) is 0 Å². The summed E-state index contributed by atoms with van der Waals surface area (Å²) in [5.74, 6) is 0.921. The van der Waals surface area contributed by atoms with Crippen LogP contribution in [0, 0.1) is 12.7 Å². The minimum absolute atomic E-state index is 0.229. The Labute approximate surface area is 198 Å². The standard InChI is InChI=1S/C27H27FN6/c1-15(2)23-14-30-34-26(23)32-25(19-10-20(28)13-29-12-19)33-27(34)31-21-8-7-17-9-18-6-4-5-16(3)24(18)22(17)11-21/h4-6,10,12-15,21H,7-9,11H2,1-3H3,(H,31,32,33). The summed E-state index contributed by atoms with van der Waals surface area (Å²) < 4.78 is 15.7. The van der Waals surface area contributed by atoms with Crippen LogP contribution in [-0.4, -0.2) is 30.6 Å². The van der Waals surface area contributed by atoms with Crippen molar-refractivity contribution in [1.82, 2.24) is 24.6 Å². The molecule has 4 aromatic rings. The van der Waals surface area contributed by atoms with E-state index < -0.39 is 5.82 Å². The highest BCUT2D eigenvalue weighted by molar-refractivity contribution is 5.79. The molecular weight excluding hydrogens is 427 g/mol. The van der Waals surface area contributed by atoms with E-state index in [-0.39, 0.29) is 12.0 Å². The zero-order valence-electron chi connectivity index (χ0n) is 19.6. The third-order valence-corrected chi connectivity index (χ3v) is 7.05. The van der Waals surface area contributed by atoms with Gasteiger partial charge in [-0.3, -0.25) is 4.98 Å². The van der Waals surface area contributed by atoms with E-state index in [1.807, 2.05) is 6.20 Å². The summed E-state index contributed by atoms with van der Waals surface area (Å²) in [6.07, 6.45) is 8.77. The number of anilines is 1. The predicted molar refractivity (Wildman–Crippen MR) is 131 cm³/mol. The highest BCUT2D eigenvalue weighted by Gasteiger charge is 2.30. The Morgan fingerprint density at radius 3 is 2.85 bits per heavy atom. The number of nitrogens with zero attached hydrogens (tertiary/aromatic N) is 5. The van der Waals surface area contributed by atoms with Gasteiger partial charge in [-0.1, -0.05) is 37.6 Å². The molecule has 0 saturated carbocycles. The summed E-state index contributed by atoms with van der Waals surface area (Å²) in [6.45, 7) is 6.44. The number of aryl methyl sites for hydroxylation is 1. The number of fused-ring (bicyclic) bond motifs is 3. The van der Waals surface area contributed by atoms with E-state index in [1.165, 1.54) is 34.5 Å². The van der Waals surface area contributed by atoms with Crippen molar-refractivity contribution in [2.75, 3.05) is 5.32 Å². The molecule has 0 radical (unpaired) electrons. The highest BCUT2D eigenvalue weighted by atomic mass is 19.1. The number of hydrogen-bond donors (Lipinski definition) is 1. The Morgan fingerprint density at radius 2 is 2.03 bits per heavy atom. The van der Waals surface area contributed by atoms with E-state index in [9.17, 15) is 4.39 Å². The van der Waals surface area contributed by atoms with Crippen LogP contribution in [0.15, 0.2) is 48.4 Å². The van der Waals surface area contributed by atoms with E-state index in [0.29, 0.717) is 17.3 Å². The summed E-state index contributed by atoms with van der Waals surface area (Å²) in [4.78, 5) is 13.5. The fourth-order valence-corrected chi connectivity index (χ4v) is 5.37. The highest BCUT2D eigenvalue weighted by Crippen LogP contribution is 2.43. The Bertz CT molecular complexity index is 1450. The number of halogens is 1. The molecule has 1 atom stereocenters.